The van der Waals surface area contributed by atoms with E-state index in [1.165, 1.54) is 0 Å². The van der Waals surface area contributed by atoms with Crippen LogP contribution in [0, 0.1) is 0 Å². The number of carbonyl (C=O) groups is 2. The number of esters is 1. The van der Waals surface area contributed by atoms with Crippen molar-refractivity contribution in [2.45, 2.75) is 12.6 Å². The number of anilines is 1. The van der Waals surface area contributed by atoms with E-state index in [4.69, 9.17) is 27.9 Å². The minimum atomic E-state index is -1.21. The Morgan fingerprint density at radius 3 is 2.24 bits per heavy atom. The number of rotatable bonds is 7. The number of amides is 1. The van der Waals surface area contributed by atoms with E-state index in [1.54, 1.807) is 48.5 Å². The van der Waals surface area contributed by atoms with Crippen molar-refractivity contribution in [2.75, 3.05) is 5.32 Å². The highest BCUT2D eigenvalue weighted by atomic mass is 35.5. The van der Waals surface area contributed by atoms with Gasteiger partial charge in [-0.1, -0.05) is 83.9 Å². The molecular formula is C23H17Cl2N5O3. The third-order valence-corrected chi connectivity index (χ3v) is 4.91. The maximum atomic E-state index is 13.0. The molecule has 0 bridgehead atoms. The van der Waals surface area contributed by atoms with Crippen molar-refractivity contribution >= 4 is 40.8 Å². The Hall–Kier alpha value is -3.75. The Kier molecular flexibility index (Phi) is 6.97. The van der Waals surface area contributed by atoms with Gasteiger partial charge in [0.15, 0.2) is 6.54 Å². The molecule has 0 saturated carbocycles. The first-order chi connectivity index (χ1) is 16.0. The van der Waals surface area contributed by atoms with Crippen LogP contribution < -0.4 is 5.32 Å². The van der Waals surface area contributed by atoms with Gasteiger partial charge in [-0.15, -0.1) is 10.2 Å². The number of halogens is 2. The molecule has 10 heteroatoms. The first kappa shape index (κ1) is 22.4. The first-order valence-corrected chi connectivity index (χ1v) is 10.6. The molecule has 0 aliphatic rings. The van der Waals surface area contributed by atoms with Gasteiger partial charge >= 0.3 is 5.97 Å². The number of benzene rings is 3. The van der Waals surface area contributed by atoms with E-state index in [0.29, 0.717) is 27.1 Å². The van der Waals surface area contributed by atoms with Crippen molar-refractivity contribution in [1.82, 2.24) is 20.2 Å². The van der Waals surface area contributed by atoms with Gasteiger partial charge in [-0.25, -0.2) is 4.79 Å². The first-order valence-electron chi connectivity index (χ1n) is 9.82. The van der Waals surface area contributed by atoms with Crippen LogP contribution in [0.15, 0.2) is 78.9 Å². The summed E-state index contributed by atoms with van der Waals surface area (Å²) in [4.78, 5) is 26.7. The van der Waals surface area contributed by atoms with Gasteiger partial charge in [0.05, 0.1) is 0 Å². The highest BCUT2D eigenvalue weighted by Gasteiger charge is 2.26. The molecule has 4 rings (SSSR count). The van der Waals surface area contributed by atoms with Crippen molar-refractivity contribution in [1.29, 1.82) is 0 Å². The molecule has 0 aliphatic heterocycles. The van der Waals surface area contributed by atoms with Crippen LogP contribution in [0.1, 0.15) is 11.7 Å². The van der Waals surface area contributed by atoms with Crippen LogP contribution in [0.5, 0.6) is 0 Å². The van der Waals surface area contributed by atoms with Gasteiger partial charge in [0.25, 0.3) is 5.91 Å². The van der Waals surface area contributed by atoms with E-state index in [9.17, 15) is 9.59 Å². The van der Waals surface area contributed by atoms with E-state index >= 15 is 0 Å². The average Bonchev–Trinajstić information content (AvgIpc) is 3.26. The van der Waals surface area contributed by atoms with Gasteiger partial charge < -0.3 is 10.1 Å². The summed E-state index contributed by atoms with van der Waals surface area (Å²) < 4.78 is 5.50. The number of hydrogen-bond donors (Lipinski definition) is 1. The zero-order valence-corrected chi connectivity index (χ0v) is 18.6. The molecule has 33 heavy (non-hydrogen) atoms. The summed E-state index contributed by atoms with van der Waals surface area (Å²) in [7, 11) is 0. The highest BCUT2D eigenvalue weighted by molar-refractivity contribution is 6.35. The second kappa shape index (κ2) is 10.2. The van der Waals surface area contributed by atoms with Crippen LogP contribution in [-0.4, -0.2) is 32.1 Å². The smallest absolute Gasteiger partial charge is 0.330 e. The zero-order chi connectivity index (χ0) is 23.2. The summed E-state index contributed by atoms with van der Waals surface area (Å²) in [5, 5.41) is 15.4. The molecule has 0 fully saturated rings. The SMILES string of the molecule is O=C(Cn1nnc(-c2ccccc2)n1)OC(C(=O)Nc1cc(Cl)cc(Cl)c1)c1ccccc1. The van der Waals surface area contributed by atoms with E-state index in [-0.39, 0.29) is 6.54 Å². The Balaban J connectivity index is 1.49. The molecule has 3 aromatic carbocycles. The lowest BCUT2D eigenvalue weighted by molar-refractivity contribution is -0.155. The summed E-state index contributed by atoms with van der Waals surface area (Å²) in [6.45, 7) is -0.320. The molecule has 0 spiro atoms. The summed E-state index contributed by atoms with van der Waals surface area (Å²) in [6.07, 6.45) is -1.21. The van der Waals surface area contributed by atoms with Crippen molar-refractivity contribution in [3.05, 3.63) is 94.5 Å². The summed E-state index contributed by atoms with van der Waals surface area (Å²) >= 11 is 12.0. The molecule has 166 valence electrons. The van der Waals surface area contributed by atoms with Gasteiger partial charge in [0.1, 0.15) is 0 Å². The van der Waals surface area contributed by atoms with Crippen LogP contribution in [0.4, 0.5) is 5.69 Å². The largest absolute Gasteiger partial charge is 0.446 e. The van der Waals surface area contributed by atoms with E-state index in [0.717, 1.165) is 10.4 Å². The molecular weight excluding hydrogens is 465 g/mol. The number of nitrogens with zero attached hydrogens (tertiary/aromatic N) is 4. The molecule has 0 aliphatic carbocycles. The van der Waals surface area contributed by atoms with Gasteiger partial charge in [-0.3, -0.25) is 4.79 Å². The van der Waals surface area contributed by atoms with Gasteiger partial charge in [0.2, 0.25) is 11.9 Å². The lowest BCUT2D eigenvalue weighted by Crippen LogP contribution is -2.27. The standard InChI is InChI=1S/C23H17Cl2N5O3/c24-17-11-18(25)13-19(12-17)26-23(32)21(15-7-3-1-4-8-15)33-20(31)14-30-28-22(27-29-30)16-9-5-2-6-10-16/h1-13,21H,14H2,(H,26,32). The fraction of sp³-hybridized carbons (Fsp3) is 0.0870. The summed E-state index contributed by atoms with van der Waals surface area (Å²) in [5.41, 5.74) is 1.63. The van der Waals surface area contributed by atoms with Crippen molar-refractivity contribution in [2.24, 2.45) is 0 Å². The molecule has 0 radical (unpaired) electrons. The van der Waals surface area contributed by atoms with Crippen LogP contribution in [0.2, 0.25) is 10.0 Å². The molecule has 1 N–H and O–H groups in total. The van der Waals surface area contributed by atoms with Crippen LogP contribution in [0.3, 0.4) is 0 Å². The second-order valence-corrected chi connectivity index (χ2v) is 7.81. The minimum absolute atomic E-state index is 0.320. The zero-order valence-electron chi connectivity index (χ0n) is 17.1. The normalized spacial score (nSPS) is 11.6. The molecule has 8 nitrogen and oxygen atoms in total. The number of hydrogen-bond acceptors (Lipinski definition) is 6. The maximum Gasteiger partial charge on any atom is 0.330 e. The van der Waals surface area contributed by atoms with Gasteiger partial charge in [-0.2, -0.15) is 4.80 Å². The molecule has 1 unspecified atom stereocenters. The Morgan fingerprint density at radius 2 is 1.58 bits per heavy atom. The molecule has 1 amide bonds. The summed E-state index contributed by atoms with van der Waals surface area (Å²) in [6, 6.07) is 22.5. The highest BCUT2D eigenvalue weighted by Crippen LogP contribution is 2.25. The molecule has 1 atom stereocenters. The third kappa shape index (κ3) is 5.94. The van der Waals surface area contributed by atoms with E-state index < -0.39 is 18.0 Å². The number of tetrazole rings is 1. The van der Waals surface area contributed by atoms with Crippen molar-refractivity contribution in [3.63, 3.8) is 0 Å². The van der Waals surface area contributed by atoms with Crippen molar-refractivity contribution in [3.8, 4) is 11.4 Å². The predicted octanol–water partition coefficient (Wildman–Crippen LogP) is 4.57. The lowest BCUT2D eigenvalue weighted by Gasteiger charge is -2.18. The summed E-state index contributed by atoms with van der Waals surface area (Å²) in [5.74, 6) is -0.900. The number of ether oxygens (including phenoxy) is 1. The fourth-order valence-electron chi connectivity index (χ4n) is 3.03. The van der Waals surface area contributed by atoms with E-state index in [2.05, 4.69) is 20.7 Å². The Morgan fingerprint density at radius 1 is 0.939 bits per heavy atom. The van der Waals surface area contributed by atoms with E-state index in [1.807, 2.05) is 30.3 Å². The maximum absolute atomic E-state index is 13.0. The Bertz CT molecular complexity index is 1250. The topological polar surface area (TPSA) is 99.0 Å². The third-order valence-electron chi connectivity index (χ3n) is 4.48. The quantitative estimate of drug-likeness (QED) is 0.388. The number of aromatic nitrogens is 4. The average molecular weight is 482 g/mol. The molecule has 4 aromatic rings. The molecule has 0 saturated heterocycles. The monoisotopic (exact) mass is 481 g/mol. The van der Waals surface area contributed by atoms with Crippen LogP contribution >= 0.6 is 23.2 Å². The van der Waals surface area contributed by atoms with Crippen LogP contribution in [0.25, 0.3) is 11.4 Å². The van der Waals surface area contributed by atoms with Crippen molar-refractivity contribution < 1.29 is 14.3 Å². The number of carbonyl (C=O) groups excluding carboxylic acids is 2. The fourth-order valence-corrected chi connectivity index (χ4v) is 3.56. The predicted molar refractivity (Wildman–Crippen MR) is 124 cm³/mol. The number of nitrogens with one attached hydrogen (secondary N) is 1. The van der Waals surface area contributed by atoms with Gasteiger partial charge in [-0.05, 0) is 23.4 Å². The molecule has 1 aromatic heterocycles. The Labute approximate surface area is 199 Å². The molecule has 1 heterocycles. The second-order valence-electron chi connectivity index (χ2n) is 6.94. The van der Waals surface area contributed by atoms with Crippen LogP contribution in [-0.2, 0) is 20.9 Å². The lowest BCUT2D eigenvalue weighted by atomic mass is 10.1. The minimum Gasteiger partial charge on any atom is -0.446 e. The van der Waals surface area contributed by atoms with Gasteiger partial charge in [0, 0.05) is 26.9 Å².